The highest BCUT2D eigenvalue weighted by atomic mass is 32.2. The predicted molar refractivity (Wildman–Crippen MR) is 136 cm³/mol. The molecule has 8 heteroatoms. The second-order valence-electron chi connectivity index (χ2n) is 9.42. The summed E-state index contributed by atoms with van der Waals surface area (Å²) in [6, 6.07) is 9.70. The first kappa shape index (κ1) is 24.8. The predicted octanol–water partition coefficient (Wildman–Crippen LogP) is 5.28. The van der Waals surface area contributed by atoms with E-state index in [2.05, 4.69) is 27.0 Å². The number of carbonyl (C=O) groups is 1. The van der Waals surface area contributed by atoms with Gasteiger partial charge in [0.1, 0.15) is 18.0 Å². The minimum atomic E-state index is -0.472. The fraction of sp³-hybridized carbons (Fsp3) is 0.407. The first-order valence-electron chi connectivity index (χ1n) is 11.7. The fourth-order valence-electron chi connectivity index (χ4n) is 3.28. The van der Waals surface area contributed by atoms with Gasteiger partial charge in [0.2, 0.25) is 0 Å². The number of rotatable bonds is 8. The van der Waals surface area contributed by atoms with Gasteiger partial charge in [-0.1, -0.05) is 23.6 Å². The summed E-state index contributed by atoms with van der Waals surface area (Å²) in [6.45, 7) is 7.86. The third kappa shape index (κ3) is 7.33. The van der Waals surface area contributed by atoms with E-state index in [4.69, 9.17) is 9.47 Å². The highest BCUT2D eigenvalue weighted by Crippen LogP contribution is 2.39. The van der Waals surface area contributed by atoms with E-state index in [1.807, 2.05) is 68.8 Å². The molecular weight excluding hydrogens is 460 g/mol. The van der Waals surface area contributed by atoms with Crippen LogP contribution >= 0.6 is 11.8 Å². The van der Waals surface area contributed by atoms with Crippen molar-refractivity contribution in [3.63, 3.8) is 0 Å². The summed E-state index contributed by atoms with van der Waals surface area (Å²) in [5, 5.41) is 10.3. The summed E-state index contributed by atoms with van der Waals surface area (Å²) in [4.78, 5) is 16.1. The Labute approximate surface area is 210 Å². The molecule has 1 aliphatic rings. The van der Waals surface area contributed by atoms with Gasteiger partial charge in [-0.25, -0.2) is 0 Å². The van der Waals surface area contributed by atoms with Gasteiger partial charge in [-0.3, -0.25) is 14.3 Å². The van der Waals surface area contributed by atoms with Gasteiger partial charge in [-0.05, 0) is 76.4 Å². The van der Waals surface area contributed by atoms with Gasteiger partial charge >= 0.3 is 5.97 Å². The summed E-state index contributed by atoms with van der Waals surface area (Å²) < 4.78 is 13.4. The summed E-state index contributed by atoms with van der Waals surface area (Å²) in [5.74, 6) is 7.44. The lowest BCUT2D eigenvalue weighted by molar-refractivity contribution is -0.154. The standard InChI is InChI=1S/C27H30N4O3S/c1-19-16-22(12-11-20(19)8-5-6-10-25(32)34-27(2,3)4)33-18-24-29-30-26(35-23-13-14-23)31(24)21-9-7-15-28-17-21/h7,9,11-12,15-17,23H,6,10,13-14,18H2,1-4H3. The molecule has 0 aliphatic heterocycles. The molecule has 0 spiro atoms. The van der Waals surface area contributed by atoms with E-state index in [-0.39, 0.29) is 19.0 Å². The smallest absolute Gasteiger partial charge is 0.307 e. The van der Waals surface area contributed by atoms with Crippen molar-refractivity contribution in [3.05, 3.63) is 59.7 Å². The molecule has 35 heavy (non-hydrogen) atoms. The molecule has 2 aromatic heterocycles. The number of aryl methyl sites for hydroxylation is 1. The second-order valence-corrected chi connectivity index (χ2v) is 10.7. The van der Waals surface area contributed by atoms with E-state index in [9.17, 15) is 4.79 Å². The Morgan fingerprint density at radius 2 is 2.06 bits per heavy atom. The lowest BCUT2D eigenvalue weighted by Gasteiger charge is -2.18. The monoisotopic (exact) mass is 490 g/mol. The van der Waals surface area contributed by atoms with Gasteiger partial charge in [-0.15, -0.1) is 10.2 Å². The minimum Gasteiger partial charge on any atom is -0.486 e. The quantitative estimate of drug-likeness (QED) is 0.314. The molecule has 0 unspecified atom stereocenters. The molecule has 7 nitrogen and oxygen atoms in total. The number of nitrogens with zero attached hydrogens (tertiary/aromatic N) is 4. The van der Waals surface area contributed by atoms with Crippen LogP contribution in [0.15, 0.2) is 47.9 Å². The molecule has 1 aliphatic carbocycles. The Kier molecular flexibility index (Phi) is 7.76. The van der Waals surface area contributed by atoms with Crippen LogP contribution in [0.5, 0.6) is 5.75 Å². The lowest BCUT2D eigenvalue weighted by atomic mass is 10.1. The van der Waals surface area contributed by atoms with Gasteiger partial charge in [0, 0.05) is 23.4 Å². The first-order valence-corrected chi connectivity index (χ1v) is 12.6. The third-order valence-corrected chi connectivity index (χ3v) is 6.34. The van der Waals surface area contributed by atoms with E-state index in [1.54, 1.807) is 18.0 Å². The number of ether oxygens (including phenoxy) is 2. The topological polar surface area (TPSA) is 79.1 Å². The van der Waals surface area contributed by atoms with Crippen molar-refractivity contribution >= 4 is 17.7 Å². The summed E-state index contributed by atoms with van der Waals surface area (Å²) in [6.07, 6.45) is 6.73. The molecule has 0 N–H and O–H groups in total. The largest absolute Gasteiger partial charge is 0.486 e. The van der Waals surface area contributed by atoms with E-state index in [0.717, 1.165) is 33.5 Å². The SMILES string of the molecule is Cc1cc(OCc2nnc(SC3CC3)n2-c2cccnc2)ccc1C#CCCC(=O)OC(C)(C)C. The molecule has 0 amide bonds. The van der Waals surface area contributed by atoms with Crippen LogP contribution in [0.4, 0.5) is 0 Å². The average molecular weight is 491 g/mol. The van der Waals surface area contributed by atoms with Crippen LogP contribution in [0.1, 0.15) is 63.4 Å². The summed E-state index contributed by atoms with van der Waals surface area (Å²) in [7, 11) is 0. The van der Waals surface area contributed by atoms with Crippen LogP contribution in [0.3, 0.4) is 0 Å². The summed E-state index contributed by atoms with van der Waals surface area (Å²) in [5.41, 5.74) is 2.36. The van der Waals surface area contributed by atoms with Gasteiger partial charge < -0.3 is 9.47 Å². The zero-order chi connectivity index (χ0) is 24.8. The number of benzene rings is 1. The molecule has 1 saturated carbocycles. The van der Waals surface area contributed by atoms with Gasteiger partial charge in [0.15, 0.2) is 11.0 Å². The number of pyridine rings is 1. The summed E-state index contributed by atoms with van der Waals surface area (Å²) >= 11 is 1.75. The molecule has 182 valence electrons. The maximum atomic E-state index is 11.8. The molecule has 4 rings (SSSR count). The Bertz CT molecular complexity index is 1230. The molecule has 0 saturated heterocycles. The number of hydrogen-bond donors (Lipinski definition) is 0. The van der Waals surface area contributed by atoms with E-state index < -0.39 is 5.60 Å². The number of thioether (sulfide) groups is 1. The normalized spacial score (nSPS) is 13.1. The zero-order valence-corrected chi connectivity index (χ0v) is 21.4. The van der Waals surface area contributed by atoms with Crippen molar-refractivity contribution in [1.82, 2.24) is 19.7 Å². The van der Waals surface area contributed by atoms with Crippen molar-refractivity contribution in [2.45, 2.75) is 76.0 Å². The van der Waals surface area contributed by atoms with Crippen molar-refractivity contribution in [3.8, 4) is 23.3 Å². The van der Waals surface area contributed by atoms with E-state index >= 15 is 0 Å². The van der Waals surface area contributed by atoms with Crippen LogP contribution in [0, 0.1) is 18.8 Å². The van der Waals surface area contributed by atoms with E-state index in [0.29, 0.717) is 11.7 Å². The molecule has 1 fully saturated rings. The highest BCUT2D eigenvalue weighted by molar-refractivity contribution is 8.00. The average Bonchev–Trinajstić information content (AvgIpc) is 3.53. The van der Waals surface area contributed by atoms with Crippen molar-refractivity contribution in [1.29, 1.82) is 0 Å². The maximum absolute atomic E-state index is 11.8. The Morgan fingerprint density at radius 1 is 1.23 bits per heavy atom. The van der Waals surface area contributed by atoms with Crippen LogP contribution in [-0.2, 0) is 16.1 Å². The molecule has 0 radical (unpaired) electrons. The number of esters is 1. The highest BCUT2D eigenvalue weighted by Gasteiger charge is 2.27. The van der Waals surface area contributed by atoms with Crippen LogP contribution in [-0.4, -0.2) is 36.6 Å². The van der Waals surface area contributed by atoms with Gasteiger partial charge in [-0.2, -0.15) is 0 Å². The lowest BCUT2D eigenvalue weighted by Crippen LogP contribution is -2.23. The molecule has 0 bridgehead atoms. The first-order chi connectivity index (χ1) is 16.8. The second kappa shape index (κ2) is 11.0. The number of aromatic nitrogens is 4. The van der Waals surface area contributed by atoms with E-state index in [1.165, 1.54) is 12.8 Å². The van der Waals surface area contributed by atoms with Crippen LogP contribution < -0.4 is 4.74 Å². The Balaban J connectivity index is 1.39. The molecular formula is C27H30N4O3S. The fourth-order valence-corrected chi connectivity index (χ4v) is 4.35. The molecule has 2 heterocycles. The van der Waals surface area contributed by atoms with Crippen LogP contribution in [0.25, 0.3) is 5.69 Å². The minimum absolute atomic E-state index is 0.231. The molecule has 1 aromatic carbocycles. The zero-order valence-electron chi connectivity index (χ0n) is 20.6. The van der Waals surface area contributed by atoms with Crippen LogP contribution in [0.2, 0.25) is 0 Å². The molecule has 0 atom stereocenters. The Hall–Kier alpha value is -3.31. The maximum Gasteiger partial charge on any atom is 0.307 e. The van der Waals surface area contributed by atoms with Crippen molar-refractivity contribution in [2.24, 2.45) is 0 Å². The van der Waals surface area contributed by atoms with Gasteiger partial charge in [0.25, 0.3) is 0 Å². The van der Waals surface area contributed by atoms with Crippen molar-refractivity contribution in [2.75, 3.05) is 0 Å². The number of hydrogen-bond acceptors (Lipinski definition) is 7. The van der Waals surface area contributed by atoms with Gasteiger partial charge in [0.05, 0.1) is 18.3 Å². The van der Waals surface area contributed by atoms with Crippen molar-refractivity contribution < 1.29 is 14.3 Å². The molecule has 3 aromatic rings. The third-order valence-electron chi connectivity index (χ3n) is 5.06. The Morgan fingerprint density at radius 3 is 2.74 bits per heavy atom. The number of carbonyl (C=O) groups excluding carboxylic acids is 1.